The summed E-state index contributed by atoms with van der Waals surface area (Å²) in [5.41, 5.74) is 3.83. The molecule has 0 N–H and O–H groups in total. The van der Waals surface area contributed by atoms with Crippen LogP contribution in [0.25, 0.3) is 11.0 Å². The van der Waals surface area contributed by atoms with Crippen molar-refractivity contribution in [3.05, 3.63) is 30.1 Å². The molecule has 0 spiro atoms. The van der Waals surface area contributed by atoms with Crippen LogP contribution in [0.1, 0.15) is 5.56 Å². The third kappa shape index (κ3) is 1.88. The van der Waals surface area contributed by atoms with E-state index >= 15 is 0 Å². The zero-order valence-corrected chi connectivity index (χ0v) is 9.53. The number of fused-ring (bicyclic) bond motifs is 1. The first-order valence-electron chi connectivity index (χ1n) is 5.16. The highest BCUT2D eigenvalue weighted by Gasteiger charge is 2.12. The van der Waals surface area contributed by atoms with E-state index < -0.39 is 0 Å². The number of aromatic nitrogens is 2. The predicted octanol–water partition coefficient (Wildman–Crippen LogP) is 1.42. The lowest BCUT2D eigenvalue weighted by Crippen LogP contribution is -2.34. The van der Waals surface area contributed by atoms with Gasteiger partial charge in [0.25, 0.3) is 0 Å². The molecule has 0 fully saturated rings. The molecule has 15 heavy (non-hydrogen) atoms. The second-order valence-corrected chi connectivity index (χ2v) is 3.90. The van der Waals surface area contributed by atoms with Crippen LogP contribution in [0.5, 0.6) is 0 Å². The number of rotatable bonds is 3. The Morgan fingerprint density at radius 1 is 1.40 bits per heavy atom. The second-order valence-electron chi connectivity index (χ2n) is 3.90. The largest absolute Gasteiger partial charge is 0.381 e. The number of aryl methyl sites for hydroxylation is 2. The van der Waals surface area contributed by atoms with Crippen LogP contribution >= 0.6 is 0 Å². The molecular weight excluding hydrogens is 188 g/mol. The molecule has 1 aromatic carbocycles. The van der Waals surface area contributed by atoms with Gasteiger partial charge in [-0.05, 0) is 24.6 Å². The minimum absolute atomic E-state index is 0.748. The van der Waals surface area contributed by atoms with Crippen molar-refractivity contribution < 1.29 is 9.30 Å². The third-order valence-corrected chi connectivity index (χ3v) is 2.67. The first-order valence-corrected chi connectivity index (χ1v) is 5.16. The van der Waals surface area contributed by atoms with Gasteiger partial charge < -0.3 is 4.74 Å². The van der Waals surface area contributed by atoms with Crippen LogP contribution in [0.2, 0.25) is 0 Å². The fourth-order valence-electron chi connectivity index (χ4n) is 1.86. The van der Waals surface area contributed by atoms with E-state index in [2.05, 4.69) is 47.6 Å². The first kappa shape index (κ1) is 10.2. The number of nitrogens with zero attached hydrogens (tertiary/aromatic N) is 2. The van der Waals surface area contributed by atoms with Crippen LogP contribution < -0.4 is 4.57 Å². The summed E-state index contributed by atoms with van der Waals surface area (Å²) in [7, 11) is 3.81. The standard InChI is InChI=1S/C12H17N2O/c1-10-4-5-11-12(8-10)13(2)9-14(11)6-7-15-3/h4-5,8-9H,6-7H2,1-3H3/q+1. The van der Waals surface area contributed by atoms with Gasteiger partial charge in [-0.3, -0.25) is 0 Å². The molecule has 1 heterocycles. The summed E-state index contributed by atoms with van der Waals surface area (Å²) in [6.07, 6.45) is 2.11. The maximum absolute atomic E-state index is 5.10. The fourth-order valence-corrected chi connectivity index (χ4v) is 1.86. The van der Waals surface area contributed by atoms with Crippen molar-refractivity contribution in [2.24, 2.45) is 7.05 Å². The third-order valence-electron chi connectivity index (χ3n) is 2.67. The zero-order chi connectivity index (χ0) is 10.8. The molecule has 1 aromatic heterocycles. The number of ether oxygens (including phenoxy) is 1. The van der Waals surface area contributed by atoms with Crippen molar-refractivity contribution >= 4 is 11.0 Å². The van der Waals surface area contributed by atoms with Crippen LogP contribution in [-0.4, -0.2) is 18.3 Å². The molecule has 80 valence electrons. The van der Waals surface area contributed by atoms with Crippen molar-refractivity contribution in [1.82, 2.24) is 4.57 Å². The van der Waals surface area contributed by atoms with Crippen LogP contribution in [-0.2, 0) is 18.3 Å². The van der Waals surface area contributed by atoms with E-state index in [1.165, 1.54) is 16.6 Å². The number of imidazole rings is 1. The fraction of sp³-hybridized carbons (Fsp3) is 0.417. The summed E-state index contributed by atoms with van der Waals surface area (Å²) in [5.74, 6) is 0. The Morgan fingerprint density at radius 3 is 2.93 bits per heavy atom. The summed E-state index contributed by atoms with van der Waals surface area (Å²) >= 11 is 0. The van der Waals surface area contributed by atoms with Crippen molar-refractivity contribution in [2.45, 2.75) is 13.5 Å². The van der Waals surface area contributed by atoms with Gasteiger partial charge in [0.05, 0.1) is 13.7 Å². The lowest BCUT2D eigenvalue weighted by molar-refractivity contribution is -0.673. The molecule has 2 rings (SSSR count). The van der Waals surface area contributed by atoms with Gasteiger partial charge >= 0.3 is 0 Å². The van der Waals surface area contributed by atoms with E-state index in [-0.39, 0.29) is 0 Å². The van der Waals surface area contributed by atoms with Gasteiger partial charge in [-0.15, -0.1) is 0 Å². The molecule has 0 aliphatic carbocycles. The van der Waals surface area contributed by atoms with Crippen molar-refractivity contribution in [3.8, 4) is 0 Å². The Hall–Kier alpha value is -1.35. The maximum atomic E-state index is 5.10. The first-order chi connectivity index (χ1) is 7.22. The van der Waals surface area contributed by atoms with Crippen molar-refractivity contribution in [3.63, 3.8) is 0 Å². The van der Waals surface area contributed by atoms with Gasteiger partial charge in [0, 0.05) is 7.11 Å². The monoisotopic (exact) mass is 205 g/mol. The van der Waals surface area contributed by atoms with Gasteiger partial charge in [-0.1, -0.05) is 6.07 Å². The van der Waals surface area contributed by atoms with E-state index in [0.717, 1.165) is 13.2 Å². The zero-order valence-electron chi connectivity index (χ0n) is 9.53. The number of methoxy groups -OCH3 is 1. The average molecular weight is 205 g/mol. The smallest absolute Gasteiger partial charge is 0.244 e. The molecule has 0 radical (unpaired) electrons. The molecule has 3 heteroatoms. The van der Waals surface area contributed by atoms with Gasteiger partial charge in [0.1, 0.15) is 6.54 Å². The number of hydrogen-bond donors (Lipinski definition) is 0. The molecule has 0 saturated heterocycles. The van der Waals surface area contributed by atoms with Crippen LogP contribution in [0.4, 0.5) is 0 Å². The highest BCUT2D eigenvalue weighted by molar-refractivity contribution is 5.72. The SMILES string of the molecule is COCC[n+]1cn(C)c2cc(C)ccc21. The second kappa shape index (κ2) is 4.03. The summed E-state index contributed by atoms with van der Waals surface area (Å²) in [6, 6.07) is 6.52. The van der Waals surface area contributed by atoms with Crippen molar-refractivity contribution in [1.29, 1.82) is 0 Å². The molecule has 0 unspecified atom stereocenters. The molecule has 2 aromatic rings. The van der Waals surface area contributed by atoms with Gasteiger partial charge in [-0.25, -0.2) is 9.13 Å². The normalized spacial score (nSPS) is 11.1. The summed E-state index contributed by atoms with van der Waals surface area (Å²) < 4.78 is 9.47. The van der Waals surface area contributed by atoms with E-state index in [0.29, 0.717) is 0 Å². The molecule has 0 bridgehead atoms. The maximum Gasteiger partial charge on any atom is 0.244 e. The Bertz CT molecular complexity index is 474. The number of hydrogen-bond acceptors (Lipinski definition) is 1. The highest BCUT2D eigenvalue weighted by Crippen LogP contribution is 2.11. The molecule has 0 atom stereocenters. The van der Waals surface area contributed by atoms with Crippen LogP contribution in [0.15, 0.2) is 24.5 Å². The highest BCUT2D eigenvalue weighted by atomic mass is 16.5. The van der Waals surface area contributed by atoms with E-state index in [1.807, 2.05) is 0 Å². The molecular formula is C12H17N2O+. The lowest BCUT2D eigenvalue weighted by Gasteiger charge is -1.96. The molecule has 0 saturated carbocycles. The minimum Gasteiger partial charge on any atom is -0.381 e. The Labute approximate surface area is 89.9 Å². The van der Waals surface area contributed by atoms with Gasteiger partial charge in [-0.2, -0.15) is 0 Å². The molecule has 0 aliphatic rings. The van der Waals surface area contributed by atoms with Gasteiger partial charge in [0.15, 0.2) is 11.0 Å². The minimum atomic E-state index is 0.748. The Morgan fingerprint density at radius 2 is 2.20 bits per heavy atom. The molecule has 0 aliphatic heterocycles. The average Bonchev–Trinajstić information content (AvgIpc) is 2.53. The number of benzene rings is 1. The van der Waals surface area contributed by atoms with Gasteiger partial charge in [0.2, 0.25) is 6.33 Å². The quantitative estimate of drug-likeness (QED) is 0.693. The van der Waals surface area contributed by atoms with E-state index in [4.69, 9.17) is 4.74 Å². The Balaban J connectivity index is 2.48. The molecule has 3 nitrogen and oxygen atoms in total. The van der Waals surface area contributed by atoms with Crippen LogP contribution in [0, 0.1) is 6.92 Å². The summed E-state index contributed by atoms with van der Waals surface area (Å²) in [4.78, 5) is 0. The Kier molecular flexibility index (Phi) is 2.73. The predicted molar refractivity (Wildman–Crippen MR) is 59.7 cm³/mol. The van der Waals surface area contributed by atoms with Crippen molar-refractivity contribution in [2.75, 3.05) is 13.7 Å². The topological polar surface area (TPSA) is 18.0 Å². The molecule has 0 amide bonds. The van der Waals surface area contributed by atoms with Crippen LogP contribution in [0.3, 0.4) is 0 Å². The lowest BCUT2D eigenvalue weighted by atomic mass is 10.2. The summed E-state index contributed by atoms with van der Waals surface area (Å²) in [5, 5.41) is 0. The van der Waals surface area contributed by atoms with E-state index in [1.54, 1.807) is 7.11 Å². The van der Waals surface area contributed by atoms with E-state index in [9.17, 15) is 0 Å². The summed E-state index contributed by atoms with van der Waals surface area (Å²) in [6.45, 7) is 3.76.